The lowest BCUT2D eigenvalue weighted by atomic mass is 9.95. The van der Waals surface area contributed by atoms with Crippen molar-refractivity contribution < 1.29 is 21.6 Å². The average molecular weight is 427 g/mol. The van der Waals surface area contributed by atoms with Gasteiger partial charge in [0.15, 0.2) is 0 Å². The molecule has 0 atom stereocenters. The maximum atomic E-state index is 12.5. The molecule has 0 radical (unpaired) electrons. The molecule has 0 aliphatic carbocycles. The number of sulfonamides is 2. The number of aryl methyl sites for hydroxylation is 1. The van der Waals surface area contributed by atoms with Gasteiger partial charge in [-0.05, 0) is 44.0 Å². The van der Waals surface area contributed by atoms with Gasteiger partial charge in [-0.2, -0.15) is 0 Å². The Morgan fingerprint density at radius 2 is 1.54 bits per heavy atom. The fourth-order valence-electron chi connectivity index (χ4n) is 2.70. The van der Waals surface area contributed by atoms with Gasteiger partial charge in [0, 0.05) is 0 Å². The van der Waals surface area contributed by atoms with Crippen LogP contribution in [0.2, 0.25) is 0 Å². The zero-order valence-electron chi connectivity index (χ0n) is 15.6. The maximum Gasteiger partial charge on any atom is 0.319 e. The van der Waals surface area contributed by atoms with Gasteiger partial charge in [-0.15, -0.1) is 0 Å². The molecule has 152 valence electrons. The Morgan fingerprint density at radius 3 is 2.04 bits per heavy atom. The highest BCUT2D eigenvalue weighted by molar-refractivity contribution is 7.92. The number of anilines is 1. The van der Waals surface area contributed by atoms with Crippen LogP contribution in [0.4, 0.5) is 10.5 Å². The molecule has 0 heterocycles. The second kappa shape index (κ2) is 7.51. The summed E-state index contributed by atoms with van der Waals surface area (Å²) in [6.45, 7) is 5.04. The third-order valence-corrected chi connectivity index (χ3v) is 6.03. The molecular formula is C17H22N4O5S2. The molecule has 2 aromatic rings. The topological polar surface area (TPSA) is 161 Å². The predicted molar refractivity (Wildman–Crippen MR) is 106 cm³/mol. The third-order valence-electron chi connectivity index (χ3n) is 3.96. The predicted octanol–water partition coefficient (Wildman–Crippen LogP) is 1.35. The van der Waals surface area contributed by atoms with Crippen LogP contribution < -0.4 is 20.9 Å². The molecule has 0 aliphatic rings. The molecule has 0 fully saturated rings. The Labute approximate surface area is 164 Å². The van der Waals surface area contributed by atoms with Gasteiger partial charge < -0.3 is 10.6 Å². The van der Waals surface area contributed by atoms with E-state index in [1.165, 1.54) is 13.0 Å². The monoisotopic (exact) mass is 426 g/mol. The fraction of sp³-hybridized carbons (Fsp3) is 0.235. The molecule has 9 nitrogen and oxygen atoms in total. The number of urea groups is 1. The lowest BCUT2D eigenvalue weighted by Gasteiger charge is -2.27. The van der Waals surface area contributed by atoms with Crippen LogP contribution in [0.25, 0.3) is 0 Å². The first-order valence-corrected chi connectivity index (χ1v) is 11.2. The van der Waals surface area contributed by atoms with Crippen molar-refractivity contribution in [2.24, 2.45) is 10.3 Å². The number of hydrogen-bond acceptors (Lipinski definition) is 5. The summed E-state index contributed by atoms with van der Waals surface area (Å²) in [6.07, 6.45) is 0. The Morgan fingerprint density at radius 1 is 0.964 bits per heavy atom. The van der Waals surface area contributed by atoms with E-state index < -0.39 is 41.4 Å². The second-order valence-electron chi connectivity index (χ2n) is 6.80. The summed E-state index contributed by atoms with van der Waals surface area (Å²) in [5, 5.41) is 15.4. The Bertz CT molecular complexity index is 1110. The van der Waals surface area contributed by atoms with Crippen molar-refractivity contribution in [3.05, 3.63) is 53.6 Å². The first kappa shape index (κ1) is 21.8. The molecule has 0 aromatic heterocycles. The minimum absolute atomic E-state index is 0.284. The normalized spacial score (nSPS) is 12.5. The van der Waals surface area contributed by atoms with Crippen LogP contribution in [0.1, 0.15) is 25.0 Å². The molecule has 2 amide bonds. The molecule has 2 aromatic carbocycles. The van der Waals surface area contributed by atoms with E-state index in [0.717, 1.165) is 11.6 Å². The van der Waals surface area contributed by atoms with Gasteiger partial charge in [-0.3, -0.25) is 0 Å². The minimum atomic E-state index is -4.51. The third kappa shape index (κ3) is 5.07. The highest BCUT2D eigenvalue weighted by atomic mass is 32.2. The van der Waals surface area contributed by atoms with Crippen molar-refractivity contribution in [2.45, 2.75) is 36.1 Å². The minimum Gasteiger partial charge on any atom is -0.329 e. The Hall–Kier alpha value is -2.47. The number of hydrogen-bond donors (Lipinski definition) is 4. The summed E-state index contributed by atoms with van der Waals surface area (Å²) in [4.78, 5) is 11.1. The Balaban J connectivity index is 2.46. The van der Waals surface area contributed by atoms with Crippen LogP contribution in [-0.2, 0) is 25.6 Å². The van der Waals surface area contributed by atoms with Crippen LogP contribution in [0.5, 0.6) is 0 Å². The SMILES string of the molecule is Cc1cc(NC(=O)NC(C)(C)c2ccccc2)c(S(N)(=O)=O)c(S(N)(=O)=O)c1. The van der Waals surface area contributed by atoms with Gasteiger partial charge in [-0.1, -0.05) is 30.3 Å². The van der Waals surface area contributed by atoms with Gasteiger partial charge >= 0.3 is 6.03 Å². The standard InChI is InChI=1S/C17H22N4O5S2/c1-11-9-13(15(28(19,25)26)14(10-11)27(18,23)24)20-16(22)21-17(2,3)12-7-5-4-6-8-12/h4-10H,1-3H3,(H2,18,23,24)(H2,19,25,26)(H2,20,21,22). The number of primary sulfonamides is 2. The van der Waals surface area contributed by atoms with Gasteiger partial charge in [0.2, 0.25) is 20.0 Å². The van der Waals surface area contributed by atoms with E-state index >= 15 is 0 Å². The zero-order valence-corrected chi connectivity index (χ0v) is 17.2. The van der Waals surface area contributed by atoms with Crippen molar-refractivity contribution in [1.82, 2.24) is 5.32 Å². The average Bonchev–Trinajstić information content (AvgIpc) is 2.52. The quantitative estimate of drug-likeness (QED) is 0.566. The van der Waals surface area contributed by atoms with E-state index in [1.54, 1.807) is 13.8 Å². The summed E-state index contributed by atoms with van der Waals surface area (Å²) in [5.74, 6) is 0. The van der Waals surface area contributed by atoms with E-state index in [0.29, 0.717) is 5.56 Å². The molecule has 28 heavy (non-hydrogen) atoms. The van der Waals surface area contributed by atoms with Crippen molar-refractivity contribution in [3.63, 3.8) is 0 Å². The molecule has 0 saturated heterocycles. The molecular weight excluding hydrogens is 404 g/mol. The summed E-state index contributed by atoms with van der Waals surface area (Å²) < 4.78 is 47.7. The first-order chi connectivity index (χ1) is 12.7. The molecule has 0 bridgehead atoms. The zero-order chi connectivity index (χ0) is 21.3. The van der Waals surface area contributed by atoms with Crippen molar-refractivity contribution in [2.75, 3.05) is 5.32 Å². The molecule has 0 spiro atoms. The van der Waals surface area contributed by atoms with E-state index in [2.05, 4.69) is 10.6 Å². The number of benzene rings is 2. The first-order valence-electron chi connectivity index (χ1n) is 8.07. The molecule has 6 N–H and O–H groups in total. The van der Waals surface area contributed by atoms with Crippen molar-refractivity contribution in [3.8, 4) is 0 Å². The number of nitrogens with one attached hydrogen (secondary N) is 2. The van der Waals surface area contributed by atoms with Crippen molar-refractivity contribution >= 4 is 31.8 Å². The Kier molecular flexibility index (Phi) is 5.85. The lowest BCUT2D eigenvalue weighted by Crippen LogP contribution is -2.43. The largest absolute Gasteiger partial charge is 0.329 e. The number of rotatable bonds is 5. The van der Waals surface area contributed by atoms with Gasteiger partial charge in [0.05, 0.1) is 11.2 Å². The van der Waals surface area contributed by atoms with E-state index in [1.807, 2.05) is 30.3 Å². The van der Waals surface area contributed by atoms with Crippen LogP contribution >= 0.6 is 0 Å². The number of carbonyl (C=O) groups excluding carboxylic acids is 1. The maximum absolute atomic E-state index is 12.5. The highest BCUT2D eigenvalue weighted by Gasteiger charge is 2.28. The number of carbonyl (C=O) groups is 1. The summed E-state index contributed by atoms with van der Waals surface area (Å²) in [5.41, 5.74) is 0.105. The number of nitrogens with two attached hydrogens (primary N) is 2. The van der Waals surface area contributed by atoms with Gasteiger partial charge in [0.25, 0.3) is 0 Å². The molecule has 0 unspecified atom stereocenters. The molecule has 2 rings (SSSR count). The molecule has 0 aliphatic heterocycles. The fourth-order valence-corrected chi connectivity index (χ4v) is 4.87. The van der Waals surface area contributed by atoms with Crippen LogP contribution in [0.15, 0.2) is 52.3 Å². The van der Waals surface area contributed by atoms with Crippen LogP contribution in [-0.4, -0.2) is 22.9 Å². The van der Waals surface area contributed by atoms with Gasteiger partial charge in [0.1, 0.15) is 9.79 Å². The summed E-state index contributed by atoms with van der Waals surface area (Å²) in [6, 6.07) is 10.7. The van der Waals surface area contributed by atoms with Gasteiger partial charge in [-0.25, -0.2) is 31.9 Å². The summed E-state index contributed by atoms with van der Waals surface area (Å²) >= 11 is 0. The highest BCUT2D eigenvalue weighted by Crippen LogP contribution is 2.29. The van der Waals surface area contributed by atoms with E-state index in [9.17, 15) is 21.6 Å². The second-order valence-corrected chi connectivity index (χ2v) is 9.83. The van der Waals surface area contributed by atoms with Crippen LogP contribution in [0, 0.1) is 6.92 Å². The number of amides is 2. The van der Waals surface area contributed by atoms with Crippen LogP contribution in [0.3, 0.4) is 0 Å². The smallest absolute Gasteiger partial charge is 0.319 e. The van der Waals surface area contributed by atoms with E-state index in [4.69, 9.17) is 10.3 Å². The summed E-state index contributed by atoms with van der Waals surface area (Å²) in [7, 11) is -8.91. The lowest BCUT2D eigenvalue weighted by molar-refractivity contribution is 0.242. The van der Waals surface area contributed by atoms with Crippen molar-refractivity contribution in [1.29, 1.82) is 0 Å². The van der Waals surface area contributed by atoms with E-state index in [-0.39, 0.29) is 5.69 Å². The molecule has 0 saturated carbocycles. The molecule has 11 heteroatoms.